The van der Waals surface area contributed by atoms with E-state index >= 15 is 0 Å². The predicted octanol–water partition coefficient (Wildman–Crippen LogP) is 16.2. The summed E-state index contributed by atoms with van der Waals surface area (Å²) in [5.74, 6) is -1.04. The van der Waals surface area contributed by atoms with Gasteiger partial charge >= 0.3 is 17.9 Å². The number of esters is 3. The van der Waals surface area contributed by atoms with Crippen molar-refractivity contribution in [2.75, 3.05) is 13.2 Å². The molecule has 346 valence electrons. The van der Waals surface area contributed by atoms with Crippen molar-refractivity contribution in [2.24, 2.45) is 0 Å². The van der Waals surface area contributed by atoms with Crippen LogP contribution in [0.5, 0.6) is 0 Å². The molecule has 0 aliphatic heterocycles. The van der Waals surface area contributed by atoms with Crippen LogP contribution in [-0.4, -0.2) is 37.2 Å². The number of carbonyl (C=O) groups is 3. The minimum atomic E-state index is -0.819. The molecule has 0 aliphatic carbocycles. The van der Waals surface area contributed by atoms with Crippen LogP contribution in [-0.2, 0) is 28.6 Å². The highest BCUT2D eigenvalue weighted by Crippen LogP contribution is 2.13. The highest BCUT2D eigenvalue weighted by molar-refractivity contribution is 5.71. The van der Waals surface area contributed by atoms with Gasteiger partial charge in [-0.3, -0.25) is 14.4 Å². The molecule has 0 aromatic heterocycles. The number of rotatable bonds is 43. The third kappa shape index (κ3) is 47.2. The summed E-state index contributed by atoms with van der Waals surface area (Å²) in [6.07, 6.45) is 64.0. The topological polar surface area (TPSA) is 78.9 Å². The van der Waals surface area contributed by atoms with Gasteiger partial charge in [0.1, 0.15) is 13.2 Å². The van der Waals surface area contributed by atoms with Gasteiger partial charge in [0.2, 0.25) is 0 Å². The van der Waals surface area contributed by atoms with E-state index in [1.165, 1.54) is 103 Å². The molecule has 0 spiro atoms. The van der Waals surface area contributed by atoms with E-state index in [0.29, 0.717) is 19.3 Å². The molecule has 6 nitrogen and oxygen atoms in total. The molecule has 0 heterocycles. The largest absolute Gasteiger partial charge is 0.462 e. The first-order chi connectivity index (χ1) is 30.0. The predicted molar refractivity (Wildman–Crippen MR) is 260 cm³/mol. The van der Waals surface area contributed by atoms with Gasteiger partial charge in [-0.2, -0.15) is 0 Å². The summed E-state index contributed by atoms with van der Waals surface area (Å²) >= 11 is 0. The molecule has 0 saturated heterocycles. The highest BCUT2D eigenvalue weighted by Gasteiger charge is 2.19. The van der Waals surface area contributed by atoms with Crippen LogP contribution >= 0.6 is 0 Å². The van der Waals surface area contributed by atoms with E-state index in [9.17, 15) is 14.4 Å². The quantitative estimate of drug-likeness (QED) is 0.0200. The first-order valence-corrected chi connectivity index (χ1v) is 24.8. The van der Waals surface area contributed by atoms with E-state index in [1.807, 2.05) is 54.7 Å². The Morgan fingerprint density at radius 2 is 0.738 bits per heavy atom. The first-order valence-electron chi connectivity index (χ1n) is 24.8. The molecule has 0 N–H and O–H groups in total. The Kier molecular flexibility index (Phi) is 46.0. The van der Waals surface area contributed by atoms with Crippen molar-refractivity contribution in [3.8, 4) is 0 Å². The van der Waals surface area contributed by atoms with E-state index in [0.717, 1.165) is 64.2 Å². The van der Waals surface area contributed by atoms with Gasteiger partial charge in [0.05, 0.1) is 0 Å². The van der Waals surface area contributed by atoms with E-state index in [-0.39, 0.29) is 37.5 Å². The molecule has 0 rings (SSSR count). The molecule has 0 fully saturated rings. The summed E-state index contributed by atoms with van der Waals surface area (Å²) < 4.78 is 16.7. The van der Waals surface area contributed by atoms with Crippen LogP contribution in [0.2, 0.25) is 0 Å². The number of unbranched alkanes of at least 4 members (excludes halogenated alkanes) is 20. The van der Waals surface area contributed by atoms with Gasteiger partial charge in [0, 0.05) is 19.3 Å². The van der Waals surface area contributed by atoms with Gasteiger partial charge in [-0.15, -0.1) is 0 Å². The van der Waals surface area contributed by atoms with Gasteiger partial charge in [0.15, 0.2) is 6.10 Å². The molecular formula is C55H90O6. The van der Waals surface area contributed by atoms with Crippen molar-refractivity contribution in [1.82, 2.24) is 0 Å². The molecule has 0 aromatic rings. The van der Waals surface area contributed by atoms with E-state index < -0.39 is 6.10 Å². The number of hydrogen-bond donors (Lipinski definition) is 0. The number of ether oxygens (including phenoxy) is 3. The second kappa shape index (κ2) is 49.0. The van der Waals surface area contributed by atoms with Crippen molar-refractivity contribution < 1.29 is 28.6 Å². The fraction of sp³-hybridized carbons (Fsp3) is 0.655. The SMILES string of the molecule is CC\C=C/C=C\C=C/C=C\C=C/CCCCCC(=O)OCC(COC(=O)CC/C=C\C/C=C\CCCCCCCC)OC(=O)CCCCCCCCC/C=C\CCCCCC. The average Bonchev–Trinajstić information content (AvgIpc) is 3.26. The Labute approximate surface area is 375 Å². The average molecular weight is 847 g/mol. The van der Waals surface area contributed by atoms with Crippen molar-refractivity contribution >= 4 is 17.9 Å². The third-order valence-electron chi connectivity index (χ3n) is 10.2. The molecule has 0 radical (unpaired) electrons. The van der Waals surface area contributed by atoms with E-state index in [4.69, 9.17) is 14.2 Å². The van der Waals surface area contributed by atoms with Gasteiger partial charge in [-0.1, -0.05) is 208 Å². The lowest BCUT2D eigenvalue weighted by Gasteiger charge is -2.18. The summed E-state index contributed by atoms with van der Waals surface area (Å²) in [7, 11) is 0. The number of carbonyl (C=O) groups excluding carboxylic acids is 3. The van der Waals surface area contributed by atoms with Crippen molar-refractivity contribution in [3.05, 3.63) is 97.2 Å². The van der Waals surface area contributed by atoms with Gasteiger partial charge in [0.25, 0.3) is 0 Å². The molecule has 0 amide bonds. The van der Waals surface area contributed by atoms with E-state index in [1.54, 1.807) is 0 Å². The molecule has 0 aliphatic rings. The normalized spacial score (nSPS) is 12.9. The molecule has 1 unspecified atom stereocenters. The summed E-state index contributed by atoms with van der Waals surface area (Å²) in [6.45, 7) is 6.36. The second-order valence-electron chi connectivity index (χ2n) is 16.1. The summed E-state index contributed by atoms with van der Waals surface area (Å²) in [4.78, 5) is 37.9. The molecule has 61 heavy (non-hydrogen) atoms. The van der Waals surface area contributed by atoms with Gasteiger partial charge in [-0.25, -0.2) is 0 Å². The summed E-state index contributed by atoms with van der Waals surface area (Å²) in [6, 6.07) is 0. The maximum Gasteiger partial charge on any atom is 0.306 e. The fourth-order valence-corrected chi connectivity index (χ4v) is 6.45. The van der Waals surface area contributed by atoms with Crippen molar-refractivity contribution in [2.45, 2.75) is 219 Å². The van der Waals surface area contributed by atoms with Crippen molar-refractivity contribution in [3.63, 3.8) is 0 Å². The summed E-state index contributed by atoms with van der Waals surface area (Å²) in [5, 5.41) is 0. The number of allylic oxidation sites excluding steroid dienone is 16. The maximum atomic E-state index is 12.8. The Morgan fingerprint density at radius 3 is 1.28 bits per heavy atom. The van der Waals surface area contributed by atoms with Crippen LogP contribution in [0, 0.1) is 0 Å². The maximum absolute atomic E-state index is 12.8. The molecule has 0 aromatic carbocycles. The lowest BCUT2D eigenvalue weighted by molar-refractivity contribution is -0.166. The summed E-state index contributed by atoms with van der Waals surface area (Å²) in [5.41, 5.74) is 0. The van der Waals surface area contributed by atoms with Gasteiger partial charge < -0.3 is 14.2 Å². The zero-order valence-electron chi connectivity index (χ0n) is 39.4. The Morgan fingerprint density at radius 1 is 0.361 bits per heavy atom. The molecular weight excluding hydrogens is 757 g/mol. The molecule has 6 heteroatoms. The van der Waals surface area contributed by atoms with Crippen LogP contribution in [0.1, 0.15) is 213 Å². The van der Waals surface area contributed by atoms with Crippen LogP contribution in [0.15, 0.2) is 97.2 Å². The zero-order chi connectivity index (χ0) is 44.4. The Bertz CT molecular complexity index is 1250. The molecule has 1 atom stereocenters. The zero-order valence-corrected chi connectivity index (χ0v) is 39.4. The lowest BCUT2D eigenvalue weighted by Crippen LogP contribution is -2.30. The van der Waals surface area contributed by atoms with Gasteiger partial charge in [-0.05, 0) is 83.5 Å². The smallest absolute Gasteiger partial charge is 0.306 e. The monoisotopic (exact) mass is 847 g/mol. The second-order valence-corrected chi connectivity index (χ2v) is 16.1. The van der Waals surface area contributed by atoms with Crippen LogP contribution < -0.4 is 0 Å². The minimum Gasteiger partial charge on any atom is -0.462 e. The fourth-order valence-electron chi connectivity index (χ4n) is 6.45. The minimum absolute atomic E-state index is 0.119. The first kappa shape index (κ1) is 57.3. The van der Waals surface area contributed by atoms with Crippen LogP contribution in [0.25, 0.3) is 0 Å². The molecule has 0 saturated carbocycles. The highest BCUT2D eigenvalue weighted by atomic mass is 16.6. The van der Waals surface area contributed by atoms with E-state index in [2.05, 4.69) is 63.3 Å². The number of hydrogen-bond acceptors (Lipinski definition) is 6. The van der Waals surface area contributed by atoms with Crippen LogP contribution in [0.3, 0.4) is 0 Å². The van der Waals surface area contributed by atoms with Crippen molar-refractivity contribution in [1.29, 1.82) is 0 Å². The molecule has 0 bridgehead atoms. The Balaban J connectivity index is 4.55. The third-order valence-corrected chi connectivity index (χ3v) is 10.2. The lowest BCUT2D eigenvalue weighted by atomic mass is 10.1. The Hall–Kier alpha value is -3.67. The standard InChI is InChI=1S/C55H90O6/c1-4-7-10-13-16-19-22-25-27-30-33-36-39-42-45-48-54(57)60-51-52(50-59-53(56)47-44-41-38-35-32-29-24-21-18-15-12-9-6-3)61-55(58)49-46-43-40-37-34-31-28-26-23-20-17-14-11-8-5-2/h7,10,13,16,19-20,22-23,25,27,29-30,32-33,38,41,52H,4-6,8-9,11-12,14-15,17-18,21,24,26,28,31,34-37,39-40,42-51H2,1-3H3/b10-7-,16-13-,22-19-,23-20-,27-25-,32-29-,33-30-,41-38-. The van der Waals surface area contributed by atoms with Crippen LogP contribution in [0.4, 0.5) is 0 Å².